The second-order valence-corrected chi connectivity index (χ2v) is 4.95. The molecule has 0 amide bonds. The van der Waals surface area contributed by atoms with Crippen LogP contribution in [0.15, 0.2) is 24.3 Å². The summed E-state index contributed by atoms with van der Waals surface area (Å²) in [5.41, 5.74) is 1.20. The van der Waals surface area contributed by atoms with Gasteiger partial charge in [0.25, 0.3) is 0 Å². The van der Waals surface area contributed by atoms with Gasteiger partial charge in [-0.1, -0.05) is 32.0 Å². The SMILES string of the molecule is COCCOCCCOc1ccccc1CNC(C)C. The lowest BCUT2D eigenvalue weighted by Crippen LogP contribution is -2.22. The maximum Gasteiger partial charge on any atom is 0.123 e. The van der Waals surface area contributed by atoms with E-state index in [1.54, 1.807) is 7.11 Å². The zero-order chi connectivity index (χ0) is 14.6. The maximum absolute atomic E-state index is 5.82. The van der Waals surface area contributed by atoms with Crippen molar-refractivity contribution in [3.05, 3.63) is 29.8 Å². The Morgan fingerprint density at radius 1 is 1.05 bits per heavy atom. The Kier molecular flexibility index (Phi) is 9.04. The average molecular weight is 281 g/mol. The lowest BCUT2D eigenvalue weighted by atomic mass is 10.2. The standard InChI is InChI=1S/C16H27NO3/c1-14(2)17-13-15-7-4-5-8-16(15)20-10-6-9-19-12-11-18-3/h4-5,7-8,14,17H,6,9-13H2,1-3H3. The molecule has 1 aromatic rings. The van der Waals surface area contributed by atoms with Crippen molar-refractivity contribution in [3.63, 3.8) is 0 Å². The minimum Gasteiger partial charge on any atom is -0.493 e. The summed E-state index contributed by atoms with van der Waals surface area (Å²) in [6.45, 7) is 7.78. The predicted octanol–water partition coefficient (Wildman–Crippen LogP) is 2.62. The molecule has 20 heavy (non-hydrogen) atoms. The van der Waals surface area contributed by atoms with Crippen molar-refractivity contribution in [2.75, 3.05) is 33.5 Å². The largest absolute Gasteiger partial charge is 0.493 e. The van der Waals surface area contributed by atoms with Crippen LogP contribution < -0.4 is 10.1 Å². The molecule has 0 fully saturated rings. The lowest BCUT2D eigenvalue weighted by molar-refractivity contribution is 0.0644. The number of hydrogen-bond acceptors (Lipinski definition) is 4. The molecule has 0 unspecified atom stereocenters. The number of methoxy groups -OCH3 is 1. The molecule has 0 aromatic heterocycles. The van der Waals surface area contributed by atoms with Gasteiger partial charge < -0.3 is 19.5 Å². The molecule has 1 aromatic carbocycles. The molecular weight excluding hydrogens is 254 g/mol. The first-order valence-corrected chi connectivity index (χ1v) is 7.24. The monoisotopic (exact) mass is 281 g/mol. The lowest BCUT2D eigenvalue weighted by Gasteiger charge is -2.13. The van der Waals surface area contributed by atoms with Crippen LogP contribution in [-0.2, 0) is 16.0 Å². The Morgan fingerprint density at radius 2 is 1.85 bits per heavy atom. The summed E-state index contributed by atoms with van der Waals surface area (Å²) in [5.74, 6) is 0.956. The van der Waals surface area contributed by atoms with Crippen molar-refractivity contribution in [1.29, 1.82) is 0 Å². The first kappa shape index (κ1) is 17.0. The number of hydrogen-bond donors (Lipinski definition) is 1. The number of ether oxygens (including phenoxy) is 3. The first-order valence-electron chi connectivity index (χ1n) is 7.24. The summed E-state index contributed by atoms with van der Waals surface area (Å²) >= 11 is 0. The minimum atomic E-state index is 0.470. The van der Waals surface area contributed by atoms with Crippen LogP contribution in [0.1, 0.15) is 25.8 Å². The summed E-state index contributed by atoms with van der Waals surface area (Å²) in [6.07, 6.45) is 0.885. The van der Waals surface area contributed by atoms with Gasteiger partial charge in [-0.05, 0) is 6.07 Å². The summed E-state index contributed by atoms with van der Waals surface area (Å²) in [6, 6.07) is 8.63. The third-order valence-corrected chi connectivity index (χ3v) is 2.80. The highest BCUT2D eigenvalue weighted by molar-refractivity contribution is 5.33. The van der Waals surface area contributed by atoms with Gasteiger partial charge >= 0.3 is 0 Å². The first-order chi connectivity index (χ1) is 9.74. The van der Waals surface area contributed by atoms with Gasteiger partial charge in [0.2, 0.25) is 0 Å². The van der Waals surface area contributed by atoms with E-state index in [1.807, 2.05) is 18.2 Å². The van der Waals surface area contributed by atoms with Crippen molar-refractivity contribution < 1.29 is 14.2 Å². The summed E-state index contributed by atoms with van der Waals surface area (Å²) in [5, 5.41) is 3.41. The molecule has 0 atom stereocenters. The molecule has 0 aliphatic carbocycles. The zero-order valence-electron chi connectivity index (χ0n) is 12.9. The van der Waals surface area contributed by atoms with Crippen molar-refractivity contribution in [2.24, 2.45) is 0 Å². The smallest absolute Gasteiger partial charge is 0.123 e. The van der Waals surface area contributed by atoms with Crippen LogP contribution in [0.2, 0.25) is 0 Å². The third kappa shape index (κ3) is 7.48. The highest BCUT2D eigenvalue weighted by atomic mass is 16.5. The van der Waals surface area contributed by atoms with E-state index in [9.17, 15) is 0 Å². The molecule has 4 nitrogen and oxygen atoms in total. The van der Waals surface area contributed by atoms with Crippen LogP contribution in [0.4, 0.5) is 0 Å². The Bertz CT molecular complexity index is 355. The van der Waals surface area contributed by atoms with Crippen LogP contribution in [0.3, 0.4) is 0 Å². The van der Waals surface area contributed by atoms with Gasteiger partial charge in [-0.3, -0.25) is 0 Å². The van der Waals surface area contributed by atoms with Crippen LogP contribution in [0.5, 0.6) is 5.75 Å². The highest BCUT2D eigenvalue weighted by Crippen LogP contribution is 2.18. The van der Waals surface area contributed by atoms with E-state index in [0.29, 0.717) is 32.5 Å². The molecule has 4 heteroatoms. The van der Waals surface area contributed by atoms with E-state index in [4.69, 9.17) is 14.2 Å². The fourth-order valence-corrected chi connectivity index (χ4v) is 1.69. The highest BCUT2D eigenvalue weighted by Gasteiger charge is 2.03. The molecule has 114 valence electrons. The van der Waals surface area contributed by atoms with Crippen LogP contribution in [0.25, 0.3) is 0 Å². The number of rotatable bonds is 11. The zero-order valence-corrected chi connectivity index (χ0v) is 12.9. The summed E-state index contributed by atoms with van der Waals surface area (Å²) < 4.78 is 16.1. The minimum absolute atomic E-state index is 0.470. The second-order valence-electron chi connectivity index (χ2n) is 4.95. The molecule has 0 aliphatic heterocycles. The van der Waals surface area contributed by atoms with Gasteiger partial charge in [0.15, 0.2) is 0 Å². The van der Waals surface area contributed by atoms with Crippen molar-refractivity contribution in [3.8, 4) is 5.75 Å². The van der Waals surface area contributed by atoms with E-state index >= 15 is 0 Å². The molecule has 0 radical (unpaired) electrons. The molecular formula is C16H27NO3. The molecule has 1 rings (SSSR count). The summed E-state index contributed by atoms with van der Waals surface area (Å²) in [7, 11) is 1.68. The van der Waals surface area contributed by atoms with Gasteiger partial charge in [0, 0.05) is 38.3 Å². The van der Waals surface area contributed by atoms with E-state index in [2.05, 4.69) is 25.2 Å². The van der Waals surface area contributed by atoms with E-state index in [-0.39, 0.29) is 0 Å². The van der Waals surface area contributed by atoms with Crippen LogP contribution in [0, 0.1) is 0 Å². The molecule has 0 saturated heterocycles. The van der Waals surface area contributed by atoms with Crippen molar-refractivity contribution >= 4 is 0 Å². The van der Waals surface area contributed by atoms with Crippen molar-refractivity contribution in [2.45, 2.75) is 32.9 Å². The molecule has 0 aliphatic rings. The number of nitrogens with one attached hydrogen (secondary N) is 1. The average Bonchev–Trinajstić information content (AvgIpc) is 2.45. The van der Waals surface area contributed by atoms with Gasteiger partial charge in [0.05, 0.1) is 19.8 Å². The van der Waals surface area contributed by atoms with Crippen LogP contribution >= 0.6 is 0 Å². The molecule has 0 bridgehead atoms. The second kappa shape index (κ2) is 10.7. The van der Waals surface area contributed by atoms with E-state index in [1.165, 1.54) is 5.56 Å². The third-order valence-electron chi connectivity index (χ3n) is 2.80. The fraction of sp³-hybridized carbons (Fsp3) is 0.625. The molecule has 0 heterocycles. The van der Waals surface area contributed by atoms with Gasteiger partial charge in [-0.15, -0.1) is 0 Å². The van der Waals surface area contributed by atoms with E-state index in [0.717, 1.165) is 18.7 Å². The Labute approximate surface area is 122 Å². The van der Waals surface area contributed by atoms with Crippen molar-refractivity contribution in [1.82, 2.24) is 5.32 Å². The van der Waals surface area contributed by atoms with Gasteiger partial charge in [0.1, 0.15) is 5.75 Å². The quantitative estimate of drug-likeness (QED) is 0.633. The number of para-hydroxylation sites is 1. The predicted molar refractivity (Wildman–Crippen MR) is 81.2 cm³/mol. The van der Waals surface area contributed by atoms with Gasteiger partial charge in [-0.25, -0.2) is 0 Å². The summed E-state index contributed by atoms with van der Waals surface area (Å²) in [4.78, 5) is 0. The Hall–Kier alpha value is -1.10. The maximum atomic E-state index is 5.82. The molecule has 1 N–H and O–H groups in total. The van der Waals surface area contributed by atoms with Crippen LogP contribution in [-0.4, -0.2) is 39.6 Å². The number of benzene rings is 1. The molecule has 0 spiro atoms. The van der Waals surface area contributed by atoms with Gasteiger partial charge in [-0.2, -0.15) is 0 Å². The topological polar surface area (TPSA) is 39.7 Å². The Morgan fingerprint density at radius 3 is 2.60 bits per heavy atom. The molecule has 0 saturated carbocycles. The van der Waals surface area contributed by atoms with E-state index < -0.39 is 0 Å². The fourth-order valence-electron chi connectivity index (χ4n) is 1.69. The Balaban J connectivity index is 2.25. The normalized spacial score (nSPS) is 11.0.